The van der Waals surface area contributed by atoms with Gasteiger partial charge in [0.2, 0.25) is 0 Å². The van der Waals surface area contributed by atoms with Crippen molar-refractivity contribution in [1.82, 2.24) is 5.32 Å². The molecule has 0 bridgehead atoms. The fourth-order valence-electron chi connectivity index (χ4n) is 2.24. The molecule has 1 heterocycles. The summed E-state index contributed by atoms with van der Waals surface area (Å²) in [6.45, 7) is 5.04. The third-order valence-electron chi connectivity index (χ3n) is 3.37. The van der Waals surface area contributed by atoms with Crippen LogP contribution in [0.15, 0.2) is 18.2 Å². The van der Waals surface area contributed by atoms with Crippen LogP contribution in [0.25, 0.3) is 0 Å². The van der Waals surface area contributed by atoms with Crippen molar-refractivity contribution >= 4 is 11.7 Å². The highest BCUT2D eigenvalue weighted by atomic mass is 16.5. The molecule has 0 amide bonds. The first-order chi connectivity index (χ1) is 9.13. The van der Waals surface area contributed by atoms with Gasteiger partial charge >= 0.3 is 0 Å². The lowest BCUT2D eigenvalue weighted by atomic mass is 10.1. The molecule has 0 radical (unpaired) electrons. The lowest BCUT2D eigenvalue weighted by Crippen LogP contribution is -2.20. The standard InChI is InChI=1S/C15H21N3O/c1-3-4-6-10(2)9-19-12-8-5-7-11-13(12)15(17)18-14(11)16/h5,7-8,10H,3-4,6,9H2,1-2H3,(H3,16,17,18). The summed E-state index contributed by atoms with van der Waals surface area (Å²) in [6, 6.07) is 5.60. The van der Waals surface area contributed by atoms with Crippen molar-refractivity contribution in [3.05, 3.63) is 29.3 Å². The summed E-state index contributed by atoms with van der Waals surface area (Å²) in [5, 5.41) is 18.4. The first-order valence-electron chi connectivity index (χ1n) is 6.84. The van der Waals surface area contributed by atoms with Gasteiger partial charge in [0.15, 0.2) is 0 Å². The van der Waals surface area contributed by atoms with E-state index < -0.39 is 0 Å². The van der Waals surface area contributed by atoms with Crippen molar-refractivity contribution in [2.24, 2.45) is 5.92 Å². The molecule has 0 saturated heterocycles. The number of fused-ring (bicyclic) bond motifs is 1. The zero-order valence-electron chi connectivity index (χ0n) is 11.5. The third kappa shape index (κ3) is 2.95. The van der Waals surface area contributed by atoms with E-state index in [-0.39, 0.29) is 11.7 Å². The van der Waals surface area contributed by atoms with Crippen LogP contribution in [0.3, 0.4) is 0 Å². The number of benzene rings is 1. The number of unbranched alkanes of at least 4 members (excludes halogenated alkanes) is 1. The first kappa shape index (κ1) is 13.6. The van der Waals surface area contributed by atoms with Crippen LogP contribution in [0.5, 0.6) is 5.75 Å². The molecule has 4 nitrogen and oxygen atoms in total. The number of nitrogens with one attached hydrogen (secondary N) is 3. The Morgan fingerprint density at radius 2 is 2.05 bits per heavy atom. The van der Waals surface area contributed by atoms with Crippen molar-refractivity contribution in [3.63, 3.8) is 0 Å². The minimum Gasteiger partial charge on any atom is -0.493 e. The van der Waals surface area contributed by atoms with Crippen LogP contribution in [-0.4, -0.2) is 18.3 Å². The molecule has 0 aromatic heterocycles. The van der Waals surface area contributed by atoms with E-state index in [9.17, 15) is 0 Å². The number of ether oxygens (including phenoxy) is 1. The summed E-state index contributed by atoms with van der Waals surface area (Å²) < 4.78 is 5.85. The molecule has 4 heteroatoms. The predicted octanol–water partition coefficient (Wildman–Crippen LogP) is 3.15. The smallest absolute Gasteiger partial charge is 0.135 e. The number of amidine groups is 2. The highest BCUT2D eigenvalue weighted by Gasteiger charge is 2.24. The Morgan fingerprint density at radius 1 is 1.26 bits per heavy atom. The van der Waals surface area contributed by atoms with E-state index in [1.807, 2.05) is 18.2 Å². The molecular weight excluding hydrogens is 238 g/mol. The molecule has 1 aliphatic rings. The summed E-state index contributed by atoms with van der Waals surface area (Å²) in [6.07, 6.45) is 3.59. The monoisotopic (exact) mass is 259 g/mol. The van der Waals surface area contributed by atoms with E-state index in [0.29, 0.717) is 18.3 Å². The van der Waals surface area contributed by atoms with Crippen molar-refractivity contribution < 1.29 is 4.74 Å². The van der Waals surface area contributed by atoms with Crippen molar-refractivity contribution in [2.45, 2.75) is 33.1 Å². The Kier molecular flexibility index (Phi) is 4.20. The van der Waals surface area contributed by atoms with Crippen LogP contribution < -0.4 is 10.1 Å². The molecular formula is C15H21N3O. The minimum atomic E-state index is 0.261. The summed E-state index contributed by atoms with van der Waals surface area (Å²) in [4.78, 5) is 0. The van der Waals surface area contributed by atoms with Gasteiger partial charge in [0.05, 0.1) is 12.2 Å². The molecule has 102 valence electrons. The second kappa shape index (κ2) is 5.87. The van der Waals surface area contributed by atoms with E-state index in [1.165, 1.54) is 12.8 Å². The molecule has 1 unspecified atom stereocenters. The summed E-state index contributed by atoms with van der Waals surface area (Å²) in [5.41, 5.74) is 1.47. The van der Waals surface area contributed by atoms with Gasteiger partial charge in [0.1, 0.15) is 17.4 Å². The quantitative estimate of drug-likeness (QED) is 0.734. The number of hydrogen-bond donors (Lipinski definition) is 3. The van der Waals surface area contributed by atoms with E-state index in [1.54, 1.807) is 0 Å². The summed E-state index contributed by atoms with van der Waals surface area (Å²) >= 11 is 0. The zero-order chi connectivity index (χ0) is 13.8. The maximum absolute atomic E-state index is 7.87. The normalized spacial score (nSPS) is 15.1. The van der Waals surface area contributed by atoms with E-state index in [0.717, 1.165) is 17.5 Å². The molecule has 1 aromatic carbocycles. The second-order valence-corrected chi connectivity index (χ2v) is 5.11. The van der Waals surface area contributed by atoms with Gasteiger partial charge in [-0.25, -0.2) is 0 Å². The molecule has 0 spiro atoms. The molecule has 0 aliphatic carbocycles. The Balaban J connectivity index is 2.06. The van der Waals surface area contributed by atoms with Gasteiger partial charge in [-0.05, 0) is 18.4 Å². The van der Waals surface area contributed by atoms with Crippen molar-refractivity contribution in [1.29, 1.82) is 10.8 Å². The first-order valence-corrected chi connectivity index (χ1v) is 6.84. The average molecular weight is 259 g/mol. The van der Waals surface area contributed by atoms with Gasteiger partial charge in [-0.15, -0.1) is 0 Å². The Hall–Kier alpha value is -1.84. The molecule has 1 aliphatic heterocycles. The minimum absolute atomic E-state index is 0.261. The van der Waals surface area contributed by atoms with E-state index >= 15 is 0 Å². The Labute approximate surface area is 114 Å². The van der Waals surface area contributed by atoms with Gasteiger partial charge in [-0.3, -0.25) is 10.8 Å². The highest BCUT2D eigenvalue weighted by molar-refractivity contribution is 6.24. The Bertz CT molecular complexity index is 496. The van der Waals surface area contributed by atoms with E-state index in [2.05, 4.69) is 19.2 Å². The number of hydrogen-bond acceptors (Lipinski definition) is 3. The second-order valence-electron chi connectivity index (χ2n) is 5.11. The van der Waals surface area contributed by atoms with Crippen LogP contribution in [-0.2, 0) is 0 Å². The van der Waals surface area contributed by atoms with Crippen LogP contribution in [0.4, 0.5) is 0 Å². The predicted molar refractivity (Wildman–Crippen MR) is 77.4 cm³/mol. The molecule has 0 saturated carbocycles. The van der Waals surface area contributed by atoms with Crippen LogP contribution in [0.1, 0.15) is 44.2 Å². The van der Waals surface area contributed by atoms with E-state index in [4.69, 9.17) is 15.6 Å². The molecule has 1 aromatic rings. The lowest BCUT2D eigenvalue weighted by Gasteiger charge is -2.14. The van der Waals surface area contributed by atoms with Gasteiger partial charge < -0.3 is 10.1 Å². The topological polar surface area (TPSA) is 69.0 Å². The summed E-state index contributed by atoms with van der Waals surface area (Å²) in [5.74, 6) is 1.76. The maximum atomic E-state index is 7.87. The maximum Gasteiger partial charge on any atom is 0.135 e. The van der Waals surface area contributed by atoms with Gasteiger partial charge in [-0.2, -0.15) is 0 Å². The van der Waals surface area contributed by atoms with Gasteiger partial charge in [0.25, 0.3) is 0 Å². The molecule has 2 rings (SSSR count). The third-order valence-corrected chi connectivity index (χ3v) is 3.37. The largest absolute Gasteiger partial charge is 0.493 e. The average Bonchev–Trinajstić information content (AvgIpc) is 2.70. The fraction of sp³-hybridized carbons (Fsp3) is 0.467. The van der Waals surface area contributed by atoms with Crippen LogP contribution in [0, 0.1) is 16.7 Å². The zero-order valence-corrected chi connectivity index (χ0v) is 11.5. The molecule has 3 N–H and O–H groups in total. The van der Waals surface area contributed by atoms with Crippen molar-refractivity contribution in [2.75, 3.05) is 6.61 Å². The highest BCUT2D eigenvalue weighted by Crippen LogP contribution is 2.26. The Morgan fingerprint density at radius 3 is 2.79 bits per heavy atom. The van der Waals surface area contributed by atoms with Gasteiger partial charge in [0, 0.05) is 5.56 Å². The number of rotatable bonds is 6. The molecule has 0 fully saturated rings. The molecule has 1 atom stereocenters. The SMILES string of the molecule is CCCCC(C)COc1cccc2c1C(=N)NC2=N. The lowest BCUT2D eigenvalue weighted by molar-refractivity contribution is 0.249. The van der Waals surface area contributed by atoms with Gasteiger partial charge in [-0.1, -0.05) is 38.8 Å². The van der Waals surface area contributed by atoms with Crippen LogP contribution in [0.2, 0.25) is 0 Å². The van der Waals surface area contributed by atoms with Crippen molar-refractivity contribution in [3.8, 4) is 5.75 Å². The summed E-state index contributed by atoms with van der Waals surface area (Å²) in [7, 11) is 0. The molecule has 19 heavy (non-hydrogen) atoms. The fourth-order valence-corrected chi connectivity index (χ4v) is 2.24. The van der Waals surface area contributed by atoms with Crippen LogP contribution >= 0.6 is 0 Å².